The molecular weight excluding hydrogens is 260 g/mol. The largest absolute Gasteiger partial charge is 0.292 e. The van der Waals surface area contributed by atoms with Crippen LogP contribution in [0.4, 0.5) is 0 Å². The third kappa shape index (κ3) is 3.02. The van der Waals surface area contributed by atoms with Crippen molar-refractivity contribution in [3.8, 4) is 0 Å². The first-order valence-electron chi connectivity index (χ1n) is 7.30. The predicted molar refractivity (Wildman–Crippen MR) is 77.5 cm³/mol. The molecule has 1 aliphatic rings. The second kappa shape index (κ2) is 6.08. The highest BCUT2D eigenvalue weighted by molar-refractivity contribution is 6.33. The van der Waals surface area contributed by atoms with Crippen LogP contribution in [-0.4, -0.2) is 15.6 Å². The van der Waals surface area contributed by atoms with Crippen molar-refractivity contribution < 1.29 is 4.79 Å². The van der Waals surface area contributed by atoms with Gasteiger partial charge in [0.1, 0.15) is 5.69 Å². The summed E-state index contributed by atoms with van der Waals surface area (Å²) in [6, 6.07) is 0. The second-order valence-electron chi connectivity index (χ2n) is 5.88. The maximum atomic E-state index is 12.6. The van der Waals surface area contributed by atoms with Crippen molar-refractivity contribution in [2.75, 3.05) is 0 Å². The van der Waals surface area contributed by atoms with E-state index in [-0.39, 0.29) is 11.7 Å². The Balaban J connectivity index is 2.07. The first kappa shape index (κ1) is 14.6. The van der Waals surface area contributed by atoms with Crippen LogP contribution in [0.5, 0.6) is 0 Å². The Morgan fingerprint density at radius 2 is 2.05 bits per heavy atom. The summed E-state index contributed by atoms with van der Waals surface area (Å²) in [5, 5.41) is 4.66. The third-order valence-electron chi connectivity index (χ3n) is 4.41. The average Bonchev–Trinajstić information content (AvgIpc) is 2.79. The predicted octanol–water partition coefficient (Wildman–Crippen LogP) is 4.20. The normalized spacial score (nSPS) is 23.8. The first-order chi connectivity index (χ1) is 9.04. The molecule has 106 valence electrons. The Morgan fingerprint density at radius 1 is 1.42 bits per heavy atom. The molecule has 0 amide bonds. The van der Waals surface area contributed by atoms with E-state index in [1.165, 1.54) is 0 Å². The quantitative estimate of drug-likeness (QED) is 0.776. The summed E-state index contributed by atoms with van der Waals surface area (Å²) in [7, 11) is 0. The van der Waals surface area contributed by atoms with Crippen LogP contribution in [0.2, 0.25) is 5.02 Å². The summed E-state index contributed by atoms with van der Waals surface area (Å²) in [5.74, 6) is 1.82. The molecule has 0 radical (unpaired) electrons. The van der Waals surface area contributed by atoms with Gasteiger partial charge in [0.15, 0.2) is 5.78 Å². The SMILES string of the molecule is CCn1ncc(Cl)c1C(=O)C1CCC(C(C)C)CC1. The van der Waals surface area contributed by atoms with E-state index in [9.17, 15) is 4.79 Å². The number of halogens is 1. The fraction of sp³-hybridized carbons (Fsp3) is 0.733. The lowest BCUT2D eigenvalue weighted by Gasteiger charge is -2.30. The van der Waals surface area contributed by atoms with Crippen molar-refractivity contribution in [1.29, 1.82) is 0 Å². The monoisotopic (exact) mass is 282 g/mol. The van der Waals surface area contributed by atoms with Crippen molar-refractivity contribution in [3.63, 3.8) is 0 Å². The van der Waals surface area contributed by atoms with Crippen molar-refractivity contribution in [1.82, 2.24) is 9.78 Å². The highest BCUT2D eigenvalue weighted by atomic mass is 35.5. The Kier molecular flexibility index (Phi) is 4.67. The van der Waals surface area contributed by atoms with Gasteiger partial charge in [-0.3, -0.25) is 9.48 Å². The zero-order chi connectivity index (χ0) is 14.0. The molecule has 0 saturated heterocycles. The van der Waals surface area contributed by atoms with Crippen LogP contribution in [0.3, 0.4) is 0 Å². The summed E-state index contributed by atoms with van der Waals surface area (Å²) in [6.07, 6.45) is 5.88. The molecule has 4 heteroatoms. The Bertz CT molecular complexity index is 445. The van der Waals surface area contributed by atoms with E-state index >= 15 is 0 Å². The molecule has 3 nitrogen and oxygen atoms in total. The molecule has 1 fully saturated rings. The highest BCUT2D eigenvalue weighted by Crippen LogP contribution is 2.35. The molecule has 0 bridgehead atoms. The summed E-state index contributed by atoms with van der Waals surface area (Å²) in [4.78, 5) is 12.6. The van der Waals surface area contributed by atoms with Gasteiger partial charge in [-0.1, -0.05) is 25.4 Å². The minimum absolute atomic E-state index is 0.134. The third-order valence-corrected chi connectivity index (χ3v) is 4.69. The number of aryl methyl sites for hydroxylation is 1. The lowest BCUT2D eigenvalue weighted by atomic mass is 9.75. The highest BCUT2D eigenvalue weighted by Gasteiger charge is 2.30. The van der Waals surface area contributed by atoms with E-state index in [2.05, 4.69) is 18.9 Å². The van der Waals surface area contributed by atoms with Crippen molar-refractivity contribution >= 4 is 17.4 Å². The molecule has 0 N–H and O–H groups in total. The molecule has 0 atom stereocenters. The summed E-state index contributed by atoms with van der Waals surface area (Å²) < 4.78 is 1.72. The van der Waals surface area contributed by atoms with Crippen molar-refractivity contribution in [3.05, 3.63) is 16.9 Å². The van der Waals surface area contributed by atoms with E-state index in [1.54, 1.807) is 10.9 Å². The molecule has 1 aromatic rings. The van der Waals surface area contributed by atoms with E-state index in [4.69, 9.17) is 11.6 Å². The minimum atomic E-state index is 0.134. The molecule has 0 unspecified atom stereocenters. The molecule has 1 aromatic heterocycles. The summed E-state index contributed by atoms with van der Waals surface area (Å²) in [5.41, 5.74) is 0.608. The molecule has 19 heavy (non-hydrogen) atoms. The number of rotatable bonds is 4. The van der Waals surface area contributed by atoms with Crippen LogP contribution in [0, 0.1) is 17.8 Å². The molecule has 0 aromatic carbocycles. The molecule has 0 aliphatic heterocycles. The number of aromatic nitrogens is 2. The van der Waals surface area contributed by atoms with Gasteiger partial charge in [0.2, 0.25) is 0 Å². The maximum absolute atomic E-state index is 12.6. The smallest absolute Gasteiger partial charge is 0.185 e. The number of hydrogen-bond donors (Lipinski definition) is 0. The topological polar surface area (TPSA) is 34.9 Å². The van der Waals surface area contributed by atoms with Crippen LogP contribution in [0.15, 0.2) is 6.20 Å². The zero-order valence-electron chi connectivity index (χ0n) is 12.0. The molecular formula is C15H23ClN2O. The number of carbonyl (C=O) groups excluding carboxylic acids is 1. The standard InChI is InChI=1S/C15H23ClN2O/c1-4-18-14(13(16)9-17-18)15(19)12-7-5-11(6-8-12)10(2)3/h9-12H,4-8H2,1-3H3. The molecule has 1 aliphatic carbocycles. The lowest BCUT2D eigenvalue weighted by Crippen LogP contribution is -2.26. The number of ketones is 1. The first-order valence-corrected chi connectivity index (χ1v) is 7.67. The van der Waals surface area contributed by atoms with Gasteiger partial charge >= 0.3 is 0 Å². The molecule has 2 rings (SSSR count). The van der Waals surface area contributed by atoms with Crippen LogP contribution in [0.1, 0.15) is 56.9 Å². The van der Waals surface area contributed by atoms with Gasteiger partial charge < -0.3 is 0 Å². The summed E-state index contributed by atoms with van der Waals surface area (Å²) >= 11 is 6.11. The number of carbonyl (C=O) groups is 1. The van der Waals surface area contributed by atoms with Gasteiger partial charge in [-0.2, -0.15) is 5.10 Å². The summed E-state index contributed by atoms with van der Waals surface area (Å²) in [6.45, 7) is 7.22. The Morgan fingerprint density at radius 3 is 2.58 bits per heavy atom. The maximum Gasteiger partial charge on any atom is 0.185 e. The van der Waals surface area contributed by atoms with Crippen LogP contribution in [-0.2, 0) is 6.54 Å². The van der Waals surface area contributed by atoms with Crippen LogP contribution in [0.25, 0.3) is 0 Å². The van der Waals surface area contributed by atoms with Crippen LogP contribution >= 0.6 is 11.6 Å². The van der Waals surface area contributed by atoms with Crippen molar-refractivity contribution in [2.24, 2.45) is 17.8 Å². The fourth-order valence-corrected chi connectivity index (χ4v) is 3.32. The fourth-order valence-electron chi connectivity index (χ4n) is 3.09. The van der Waals surface area contributed by atoms with Gasteiger partial charge in [0.05, 0.1) is 11.2 Å². The number of hydrogen-bond acceptors (Lipinski definition) is 2. The van der Waals surface area contributed by atoms with E-state index in [0.29, 0.717) is 17.3 Å². The average molecular weight is 283 g/mol. The minimum Gasteiger partial charge on any atom is -0.292 e. The number of Topliss-reactive ketones (excluding diaryl/α,β-unsaturated/α-hetero) is 1. The molecule has 0 spiro atoms. The van der Waals surface area contributed by atoms with E-state index in [0.717, 1.165) is 37.5 Å². The van der Waals surface area contributed by atoms with E-state index < -0.39 is 0 Å². The van der Waals surface area contributed by atoms with Crippen molar-refractivity contribution in [2.45, 2.75) is 53.0 Å². The zero-order valence-corrected chi connectivity index (χ0v) is 12.8. The van der Waals surface area contributed by atoms with Gasteiger partial charge in [0.25, 0.3) is 0 Å². The Labute approximate surface area is 120 Å². The van der Waals surface area contributed by atoms with Gasteiger partial charge in [-0.15, -0.1) is 0 Å². The van der Waals surface area contributed by atoms with Gasteiger partial charge in [-0.25, -0.2) is 0 Å². The second-order valence-corrected chi connectivity index (χ2v) is 6.28. The molecule has 1 heterocycles. The van der Waals surface area contributed by atoms with E-state index in [1.807, 2.05) is 6.92 Å². The van der Waals surface area contributed by atoms with Crippen LogP contribution < -0.4 is 0 Å². The molecule has 1 saturated carbocycles. The van der Waals surface area contributed by atoms with Gasteiger partial charge in [-0.05, 0) is 44.4 Å². The lowest BCUT2D eigenvalue weighted by molar-refractivity contribution is 0.0848. The Hall–Kier alpha value is -0.830. The number of nitrogens with zero attached hydrogens (tertiary/aromatic N) is 2. The van der Waals surface area contributed by atoms with Gasteiger partial charge in [0, 0.05) is 12.5 Å².